The molecule has 0 radical (unpaired) electrons. The van der Waals surface area contributed by atoms with E-state index in [0.717, 1.165) is 36.5 Å². The number of aromatic nitrogens is 2. The summed E-state index contributed by atoms with van der Waals surface area (Å²) in [6.07, 6.45) is 8.13. The minimum absolute atomic E-state index is 0.0583. The molecule has 1 amide bonds. The van der Waals surface area contributed by atoms with E-state index in [0.29, 0.717) is 13.2 Å². The van der Waals surface area contributed by atoms with Gasteiger partial charge in [-0.2, -0.15) is 0 Å². The lowest BCUT2D eigenvalue weighted by Gasteiger charge is -2.36. The molecule has 0 N–H and O–H groups in total. The summed E-state index contributed by atoms with van der Waals surface area (Å²) < 4.78 is 11.4. The van der Waals surface area contributed by atoms with E-state index < -0.39 is 5.60 Å². The van der Waals surface area contributed by atoms with Crippen LogP contribution in [0.2, 0.25) is 0 Å². The van der Waals surface area contributed by atoms with Crippen molar-refractivity contribution in [3.05, 3.63) is 18.1 Å². The Morgan fingerprint density at radius 3 is 2.79 bits per heavy atom. The number of carbonyl (C=O) groups is 1. The molecule has 2 heterocycles. The summed E-state index contributed by atoms with van der Waals surface area (Å²) in [5.74, 6) is 0. The molecular formula is C17H27N3O3S. The maximum atomic E-state index is 12.4. The maximum Gasteiger partial charge on any atom is 0.410 e. The van der Waals surface area contributed by atoms with Gasteiger partial charge in [-0.05, 0) is 46.3 Å². The van der Waals surface area contributed by atoms with E-state index in [1.165, 1.54) is 0 Å². The Kier molecular flexibility index (Phi) is 6.86. The molecule has 1 saturated heterocycles. The monoisotopic (exact) mass is 353 g/mol. The van der Waals surface area contributed by atoms with E-state index in [4.69, 9.17) is 9.47 Å². The Balaban J connectivity index is 1.90. The van der Waals surface area contributed by atoms with Gasteiger partial charge in [0, 0.05) is 18.9 Å². The first-order chi connectivity index (χ1) is 11.4. The van der Waals surface area contributed by atoms with Gasteiger partial charge in [0.15, 0.2) is 0 Å². The maximum absolute atomic E-state index is 12.4. The number of nitrogens with zero attached hydrogens (tertiary/aromatic N) is 3. The van der Waals surface area contributed by atoms with Gasteiger partial charge in [-0.25, -0.2) is 9.78 Å². The smallest absolute Gasteiger partial charge is 0.410 e. The fourth-order valence-corrected chi connectivity index (χ4v) is 3.16. The molecule has 2 rings (SSSR count). The quantitative estimate of drug-likeness (QED) is 0.755. The number of likely N-dealkylation sites (tertiary alicyclic amines) is 1. The first kappa shape index (κ1) is 19.0. The molecule has 1 aliphatic rings. The molecule has 1 aromatic heterocycles. The number of hydrogen-bond acceptors (Lipinski definition) is 6. The third-order valence-corrected chi connectivity index (χ3v) is 4.46. The second-order valence-electron chi connectivity index (χ2n) is 6.85. The average Bonchev–Trinajstić information content (AvgIpc) is 2.54. The van der Waals surface area contributed by atoms with Crippen LogP contribution in [-0.2, 0) is 16.1 Å². The number of amides is 1. The summed E-state index contributed by atoms with van der Waals surface area (Å²) in [4.78, 5) is 22.8. The second-order valence-corrected chi connectivity index (χ2v) is 7.65. The van der Waals surface area contributed by atoms with Crippen LogP contribution in [0.3, 0.4) is 0 Å². The zero-order chi connectivity index (χ0) is 17.6. The third kappa shape index (κ3) is 5.63. The molecule has 24 heavy (non-hydrogen) atoms. The molecule has 6 nitrogen and oxygen atoms in total. The van der Waals surface area contributed by atoms with Crippen LogP contribution in [0.15, 0.2) is 17.4 Å². The number of rotatable bonds is 5. The van der Waals surface area contributed by atoms with E-state index >= 15 is 0 Å². The molecule has 7 heteroatoms. The molecule has 134 valence electrons. The topological polar surface area (TPSA) is 64.6 Å². The van der Waals surface area contributed by atoms with Crippen LogP contribution < -0.4 is 0 Å². The third-order valence-electron chi connectivity index (χ3n) is 3.73. The molecule has 1 fully saturated rings. The number of hydrogen-bond donors (Lipinski definition) is 0. The largest absolute Gasteiger partial charge is 0.444 e. The Morgan fingerprint density at radius 1 is 1.33 bits per heavy atom. The van der Waals surface area contributed by atoms with Crippen molar-refractivity contribution < 1.29 is 14.3 Å². The first-order valence-corrected chi connectivity index (χ1v) is 9.54. The first-order valence-electron chi connectivity index (χ1n) is 8.32. The Hall–Kier alpha value is -1.34. The van der Waals surface area contributed by atoms with Crippen molar-refractivity contribution >= 4 is 17.9 Å². The zero-order valence-electron chi connectivity index (χ0n) is 14.9. The second kappa shape index (κ2) is 8.67. The van der Waals surface area contributed by atoms with Gasteiger partial charge in [0.25, 0.3) is 0 Å². The van der Waals surface area contributed by atoms with Crippen molar-refractivity contribution in [1.82, 2.24) is 14.9 Å². The molecule has 0 bridgehead atoms. The van der Waals surface area contributed by atoms with E-state index in [1.807, 2.05) is 27.0 Å². The van der Waals surface area contributed by atoms with Gasteiger partial charge in [0.2, 0.25) is 0 Å². The van der Waals surface area contributed by atoms with E-state index in [2.05, 4.69) is 9.97 Å². The van der Waals surface area contributed by atoms with Gasteiger partial charge in [-0.3, -0.25) is 4.98 Å². The summed E-state index contributed by atoms with van der Waals surface area (Å²) in [5, 5.41) is 0.880. The van der Waals surface area contributed by atoms with Crippen LogP contribution in [0.4, 0.5) is 4.79 Å². The SMILES string of the molecule is CSc1nccnc1COC[C@H]1CCCCN1C(=O)OC(C)(C)C. The molecule has 1 aromatic rings. The fraction of sp³-hybridized carbons (Fsp3) is 0.706. The van der Waals surface area contributed by atoms with Gasteiger partial charge >= 0.3 is 6.09 Å². The summed E-state index contributed by atoms with van der Waals surface area (Å²) in [6.45, 7) is 7.28. The minimum atomic E-state index is -0.479. The number of carbonyl (C=O) groups excluding carboxylic acids is 1. The van der Waals surface area contributed by atoms with Gasteiger partial charge < -0.3 is 14.4 Å². The molecule has 1 aliphatic heterocycles. The molecule has 0 spiro atoms. The van der Waals surface area contributed by atoms with Crippen LogP contribution in [0.1, 0.15) is 45.7 Å². The highest BCUT2D eigenvalue weighted by Crippen LogP contribution is 2.21. The van der Waals surface area contributed by atoms with Crippen LogP contribution in [-0.4, -0.2) is 52.0 Å². The highest BCUT2D eigenvalue weighted by atomic mass is 32.2. The normalized spacial score (nSPS) is 18.5. The summed E-state index contributed by atoms with van der Waals surface area (Å²) in [7, 11) is 0. The van der Waals surface area contributed by atoms with Crippen molar-refractivity contribution in [3.8, 4) is 0 Å². The van der Waals surface area contributed by atoms with Crippen molar-refractivity contribution in [2.75, 3.05) is 19.4 Å². The molecule has 0 unspecified atom stereocenters. The summed E-state index contributed by atoms with van der Waals surface area (Å²) >= 11 is 1.56. The van der Waals surface area contributed by atoms with Crippen molar-refractivity contribution in [2.24, 2.45) is 0 Å². The summed E-state index contributed by atoms with van der Waals surface area (Å²) in [6, 6.07) is 0.0583. The average molecular weight is 353 g/mol. The van der Waals surface area contributed by atoms with Crippen molar-refractivity contribution in [2.45, 2.75) is 63.3 Å². The minimum Gasteiger partial charge on any atom is -0.444 e. The Bertz CT molecular complexity index is 548. The molecule has 0 aromatic carbocycles. The van der Waals surface area contributed by atoms with Gasteiger partial charge in [-0.1, -0.05) is 0 Å². The van der Waals surface area contributed by atoms with Gasteiger partial charge in [-0.15, -0.1) is 11.8 Å². The molecule has 0 saturated carbocycles. The highest BCUT2D eigenvalue weighted by molar-refractivity contribution is 7.98. The van der Waals surface area contributed by atoms with Crippen LogP contribution in [0.25, 0.3) is 0 Å². The lowest BCUT2D eigenvalue weighted by atomic mass is 10.0. The van der Waals surface area contributed by atoms with Crippen molar-refractivity contribution in [1.29, 1.82) is 0 Å². The van der Waals surface area contributed by atoms with Crippen molar-refractivity contribution in [3.63, 3.8) is 0 Å². The predicted octanol–water partition coefficient (Wildman–Crippen LogP) is 3.50. The number of thioether (sulfide) groups is 1. The molecule has 1 atom stereocenters. The number of piperidine rings is 1. The lowest BCUT2D eigenvalue weighted by Crippen LogP contribution is -2.48. The van der Waals surface area contributed by atoms with E-state index in [1.54, 1.807) is 29.1 Å². The highest BCUT2D eigenvalue weighted by Gasteiger charge is 2.30. The Morgan fingerprint density at radius 2 is 2.08 bits per heavy atom. The molecule has 0 aliphatic carbocycles. The summed E-state index contributed by atoms with van der Waals surface area (Å²) in [5.41, 5.74) is 0.358. The van der Waals surface area contributed by atoms with E-state index in [9.17, 15) is 4.79 Å². The van der Waals surface area contributed by atoms with E-state index in [-0.39, 0.29) is 12.1 Å². The van der Waals surface area contributed by atoms with Crippen LogP contribution >= 0.6 is 11.8 Å². The lowest BCUT2D eigenvalue weighted by molar-refractivity contribution is -0.0105. The molecular weight excluding hydrogens is 326 g/mol. The standard InChI is InChI=1S/C17H27N3O3S/c1-17(2,3)23-16(21)20-10-6-5-7-13(20)11-22-12-14-15(24-4)19-9-8-18-14/h8-9,13H,5-7,10-12H2,1-4H3/t13-/m1/s1. The van der Waals surface area contributed by atoms with Crippen LogP contribution in [0.5, 0.6) is 0 Å². The predicted molar refractivity (Wildman–Crippen MR) is 94.0 cm³/mol. The Labute approximate surface area is 148 Å². The van der Waals surface area contributed by atoms with Gasteiger partial charge in [0.05, 0.1) is 24.9 Å². The number of ether oxygens (including phenoxy) is 2. The fourth-order valence-electron chi connectivity index (χ4n) is 2.65. The van der Waals surface area contributed by atoms with Gasteiger partial charge in [0.1, 0.15) is 10.6 Å². The zero-order valence-corrected chi connectivity index (χ0v) is 15.8. The van der Waals surface area contributed by atoms with Crippen LogP contribution in [0, 0.1) is 0 Å².